The molecule has 3 aliphatic rings. The maximum absolute atomic E-state index is 13.2. The zero-order chi connectivity index (χ0) is 23.6. The third kappa shape index (κ3) is 8.16. The summed E-state index contributed by atoms with van der Waals surface area (Å²) in [6.45, 7) is 4.37. The standard InChI is InChI=1S/C25H38N4O3S2/c30-24(22-16-34-18-26-22)28-23(17-33-15-20-4-2-1-3-5-20)25(31)27-21-8-6-19(7-9-21)14-29-10-12-32-13-11-29/h6-9,20,22-23,26H,1-5,10-18H2,(H,27,31)(H,28,30)/t22-,23?/m0/s1. The lowest BCUT2D eigenvalue weighted by Crippen LogP contribution is -2.51. The molecule has 0 aromatic heterocycles. The number of benzene rings is 1. The van der Waals surface area contributed by atoms with Crippen LogP contribution in [-0.2, 0) is 20.9 Å². The van der Waals surface area contributed by atoms with Crippen molar-refractivity contribution in [3.8, 4) is 0 Å². The van der Waals surface area contributed by atoms with E-state index in [4.69, 9.17) is 4.74 Å². The van der Waals surface area contributed by atoms with Crippen LogP contribution < -0.4 is 16.0 Å². The molecule has 3 fully saturated rings. The highest BCUT2D eigenvalue weighted by Gasteiger charge is 2.28. The van der Waals surface area contributed by atoms with E-state index in [0.717, 1.165) is 61.8 Å². The van der Waals surface area contributed by atoms with E-state index in [0.29, 0.717) is 5.75 Å². The van der Waals surface area contributed by atoms with Gasteiger partial charge in [-0.2, -0.15) is 11.8 Å². The summed E-state index contributed by atoms with van der Waals surface area (Å²) in [5.74, 6) is 3.71. The van der Waals surface area contributed by atoms with E-state index >= 15 is 0 Å². The number of thioether (sulfide) groups is 2. The van der Waals surface area contributed by atoms with Gasteiger partial charge in [0.1, 0.15) is 6.04 Å². The van der Waals surface area contributed by atoms with Crippen molar-refractivity contribution in [2.24, 2.45) is 5.92 Å². The molecule has 2 atom stereocenters. The second kappa shape index (κ2) is 13.7. The van der Waals surface area contributed by atoms with Crippen LogP contribution in [0, 0.1) is 5.92 Å². The summed E-state index contributed by atoms with van der Waals surface area (Å²) in [5.41, 5.74) is 1.99. The molecule has 3 N–H and O–H groups in total. The van der Waals surface area contributed by atoms with E-state index in [1.807, 2.05) is 12.1 Å². The van der Waals surface area contributed by atoms with Crippen LogP contribution >= 0.6 is 23.5 Å². The van der Waals surface area contributed by atoms with Crippen molar-refractivity contribution in [1.29, 1.82) is 0 Å². The first-order valence-corrected chi connectivity index (χ1v) is 14.9. The molecule has 0 bridgehead atoms. The summed E-state index contributed by atoms with van der Waals surface area (Å²) in [7, 11) is 0. The molecular formula is C25H38N4O3S2. The van der Waals surface area contributed by atoms with E-state index in [1.54, 1.807) is 23.5 Å². The molecule has 1 aromatic rings. The molecule has 1 aliphatic carbocycles. The summed E-state index contributed by atoms with van der Waals surface area (Å²) in [6, 6.07) is 7.28. The number of nitrogens with zero attached hydrogens (tertiary/aromatic N) is 1. The summed E-state index contributed by atoms with van der Waals surface area (Å²) < 4.78 is 5.42. The van der Waals surface area contributed by atoms with Crippen LogP contribution in [-0.4, -0.2) is 78.2 Å². The zero-order valence-corrected chi connectivity index (χ0v) is 21.6. The quantitative estimate of drug-likeness (QED) is 0.450. The highest BCUT2D eigenvalue weighted by Crippen LogP contribution is 2.27. The largest absolute Gasteiger partial charge is 0.379 e. The molecule has 2 aliphatic heterocycles. The minimum Gasteiger partial charge on any atom is -0.379 e. The number of amides is 2. The molecular weight excluding hydrogens is 468 g/mol. The van der Waals surface area contributed by atoms with Gasteiger partial charge in [-0.05, 0) is 42.2 Å². The van der Waals surface area contributed by atoms with E-state index in [2.05, 4.69) is 33.0 Å². The van der Waals surface area contributed by atoms with E-state index in [9.17, 15) is 9.59 Å². The Kier molecular flexibility index (Phi) is 10.4. The number of hydrogen-bond acceptors (Lipinski definition) is 7. The minimum atomic E-state index is -0.540. The van der Waals surface area contributed by atoms with Gasteiger partial charge in [0.15, 0.2) is 0 Å². The fraction of sp³-hybridized carbons (Fsp3) is 0.680. The lowest BCUT2D eigenvalue weighted by molar-refractivity contribution is -0.126. The number of rotatable bonds is 10. The Morgan fingerprint density at radius 2 is 1.91 bits per heavy atom. The molecule has 9 heteroatoms. The molecule has 0 radical (unpaired) electrons. The van der Waals surface area contributed by atoms with Crippen molar-refractivity contribution >= 4 is 41.0 Å². The summed E-state index contributed by atoms with van der Waals surface area (Å²) in [6.07, 6.45) is 6.56. The summed E-state index contributed by atoms with van der Waals surface area (Å²) in [4.78, 5) is 28.3. The fourth-order valence-corrected chi connectivity index (χ4v) is 6.88. The maximum atomic E-state index is 13.2. The third-order valence-corrected chi connectivity index (χ3v) is 8.98. The average molecular weight is 507 g/mol. The monoisotopic (exact) mass is 506 g/mol. The number of ether oxygens (including phenoxy) is 1. The van der Waals surface area contributed by atoms with Crippen molar-refractivity contribution in [3.63, 3.8) is 0 Å². The lowest BCUT2D eigenvalue weighted by atomic mass is 9.91. The van der Waals surface area contributed by atoms with Crippen LogP contribution in [0.25, 0.3) is 0 Å². The van der Waals surface area contributed by atoms with Crippen LogP contribution in [0.2, 0.25) is 0 Å². The highest BCUT2D eigenvalue weighted by molar-refractivity contribution is 7.99. The van der Waals surface area contributed by atoms with Gasteiger partial charge in [-0.15, -0.1) is 11.8 Å². The maximum Gasteiger partial charge on any atom is 0.247 e. The Bertz CT molecular complexity index is 777. The molecule has 1 unspecified atom stereocenters. The average Bonchev–Trinajstić information content (AvgIpc) is 3.41. The van der Waals surface area contributed by atoms with Gasteiger partial charge >= 0.3 is 0 Å². The van der Waals surface area contributed by atoms with Crippen molar-refractivity contribution in [1.82, 2.24) is 15.5 Å². The number of morpholine rings is 1. The summed E-state index contributed by atoms with van der Waals surface area (Å²) in [5, 5.41) is 9.25. The van der Waals surface area contributed by atoms with E-state index in [-0.39, 0.29) is 17.9 Å². The van der Waals surface area contributed by atoms with Crippen LogP contribution in [0.5, 0.6) is 0 Å². The Morgan fingerprint density at radius 1 is 1.15 bits per heavy atom. The highest BCUT2D eigenvalue weighted by atomic mass is 32.2. The molecule has 0 spiro atoms. The zero-order valence-electron chi connectivity index (χ0n) is 19.9. The molecule has 4 rings (SSSR count). The van der Waals surface area contributed by atoms with Gasteiger partial charge in [0.05, 0.1) is 19.3 Å². The van der Waals surface area contributed by atoms with Crippen molar-refractivity contribution in [2.75, 3.05) is 54.8 Å². The molecule has 1 saturated carbocycles. The van der Waals surface area contributed by atoms with Gasteiger partial charge in [-0.25, -0.2) is 0 Å². The molecule has 188 valence electrons. The molecule has 7 nitrogen and oxygen atoms in total. The first-order chi connectivity index (χ1) is 16.7. The van der Waals surface area contributed by atoms with Crippen LogP contribution in [0.4, 0.5) is 5.69 Å². The predicted octanol–water partition coefficient (Wildman–Crippen LogP) is 2.92. The van der Waals surface area contributed by atoms with Crippen molar-refractivity contribution in [3.05, 3.63) is 29.8 Å². The second-order valence-electron chi connectivity index (χ2n) is 9.45. The molecule has 2 heterocycles. The summed E-state index contributed by atoms with van der Waals surface area (Å²) >= 11 is 3.51. The van der Waals surface area contributed by atoms with Crippen LogP contribution in [0.1, 0.15) is 37.7 Å². The van der Waals surface area contributed by atoms with E-state index < -0.39 is 6.04 Å². The van der Waals surface area contributed by atoms with Gasteiger partial charge in [-0.1, -0.05) is 31.4 Å². The van der Waals surface area contributed by atoms with Gasteiger partial charge in [0, 0.05) is 42.7 Å². The van der Waals surface area contributed by atoms with E-state index in [1.165, 1.54) is 37.7 Å². The third-order valence-electron chi connectivity index (χ3n) is 6.76. The van der Waals surface area contributed by atoms with Gasteiger partial charge in [-0.3, -0.25) is 19.8 Å². The topological polar surface area (TPSA) is 82.7 Å². The van der Waals surface area contributed by atoms with Gasteiger partial charge in [0.25, 0.3) is 0 Å². The molecule has 2 amide bonds. The minimum absolute atomic E-state index is 0.0794. The second-order valence-corrected chi connectivity index (χ2v) is 11.6. The van der Waals surface area contributed by atoms with Crippen molar-refractivity contribution in [2.45, 2.75) is 50.7 Å². The molecule has 34 heavy (non-hydrogen) atoms. The van der Waals surface area contributed by atoms with Gasteiger partial charge in [0.2, 0.25) is 11.8 Å². The number of carbonyl (C=O) groups excluding carboxylic acids is 2. The first-order valence-electron chi connectivity index (χ1n) is 12.6. The molecule has 2 saturated heterocycles. The SMILES string of the molecule is O=C(Nc1ccc(CN2CCOCC2)cc1)C(CSCC1CCCCC1)NC(=O)[C@@H]1CSCN1. The molecule has 1 aromatic carbocycles. The van der Waals surface area contributed by atoms with Crippen molar-refractivity contribution < 1.29 is 14.3 Å². The van der Waals surface area contributed by atoms with Crippen LogP contribution in [0.3, 0.4) is 0 Å². The Labute approximate surface area is 211 Å². The number of nitrogens with one attached hydrogen (secondary N) is 3. The Balaban J connectivity index is 1.30. The fourth-order valence-electron chi connectivity index (χ4n) is 4.67. The smallest absolute Gasteiger partial charge is 0.247 e. The number of carbonyl (C=O) groups is 2. The lowest BCUT2D eigenvalue weighted by Gasteiger charge is -2.26. The Hall–Kier alpha value is -1.26. The number of anilines is 1. The Morgan fingerprint density at radius 3 is 2.62 bits per heavy atom. The predicted molar refractivity (Wildman–Crippen MR) is 141 cm³/mol. The van der Waals surface area contributed by atoms with Gasteiger partial charge < -0.3 is 15.4 Å². The van der Waals surface area contributed by atoms with Crippen LogP contribution in [0.15, 0.2) is 24.3 Å². The first kappa shape index (κ1) is 25.8. The number of hydrogen-bond donors (Lipinski definition) is 3. The normalized spacial score (nSPS) is 22.9.